The Hall–Kier alpha value is -4.07. The third-order valence-electron chi connectivity index (χ3n) is 4.69. The number of hydrogen-bond acceptors (Lipinski definition) is 5. The van der Waals surface area contributed by atoms with E-state index < -0.39 is 23.6 Å². The SMILES string of the molecule is C=CC(Cn1cc(OC(C)=O)c2ccccc21)(NC(=O)OCc1ccccc1)C(=O)O. The number of carbonyl (C=O) groups excluding carboxylic acids is 2. The molecule has 2 aromatic carbocycles. The maximum absolute atomic E-state index is 12.4. The topological polar surface area (TPSA) is 107 Å². The van der Waals surface area contributed by atoms with Crippen molar-refractivity contribution < 1.29 is 29.0 Å². The Balaban J connectivity index is 1.86. The van der Waals surface area contributed by atoms with Crippen molar-refractivity contribution in [1.82, 2.24) is 9.88 Å². The van der Waals surface area contributed by atoms with E-state index in [4.69, 9.17) is 9.47 Å². The number of fused-ring (bicyclic) bond motifs is 1. The number of aromatic nitrogens is 1. The predicted molar refractivity (Wildman–Crippen MR) is 114 cm³/mol. The molecular formula is C23H22N2O6. The van der Waals surface area contributed by atoms with Crippen LogP contribution in [0, 0.1) is 0 Å². The first-order chi connectivity index (χ1) is 14.8. The van der Waals surface area contributed by atoms with Crippen molar-refractivity contribution in [2.45, 2.75) is 25.6 Å². The third-order valence-corrected chi connectivity index (χ3v) is 4.69. The quantitative estimate of drug-likeness (QED) is 0.425. The number of carboxylic acid groups (broad SMARTS) is 1. The number of nitrogens with zero attached hydrogens (tertiary/aromatic N) is 1. The fraction of sp³-hybridized carbons (Fsp3) is 0.174. The zero-order valence-electron chi connectivity index (χ0n) is 16.9. The standard InChI is InChI=1S/C23H22N2O6/c1-3-23(21(27)28,24-22(29)30-14-17-9-5-4-6-10-17)15-25-13-20(31-16(2)26)18-11-7-8-12-19(18)25/h3-13H,1,14-15H2,2H3,(H,24,29)(H,27,28). The molecule has 1 amide bonds. The first-order valence-corrected chi connectivity index (χ1v) is 9.47. The normalized spacial score (nSPS) is 12.5. The van der Waals surface area contributed by atoms with E-state index in [0.717, 1.165) is 11.6 Å². The zero-order valence-corrected chi connectivity index (χ0v) is 16.9. The second-order valence-corrected chi connectivity index (χ2v) is 6.90. The summed E-state index contributed by atoms with van der Waals surface area (Å²) in [5, 5.41) is 12.9. The number of benzene rings is 2. The van der Waals surface area contributed by atoms with Gasteiger partial charge in [0.05, 0.1) is 12.1 Å². The van der Waals surface area contributed by atoms with Crippen molar-refractivity contribution in [2.24, 2.45) is 0 Å². The lowest BCUT2D eigenvalue weighted by Gasteiger charge is -2.27. The van der Waals surface area contributed by atoms with E-state index >= 15 is 0 Å². The number of esters is 1. The Morgan fingerprint density at radius 2 is 1.81 bits per heavy atom. The Morgan fingerprint density at radius 3 is 2.45 bits per heavy atom. The predicted octanol–water partition coefficient (Wildman–Crippen LogP) is 3.50. The van der Waals surface area contributed by atoms with Gasteiger partial charge in [-0.3, -0.25) is 4.79 Å². The number of hydrogen-bond donors (Lipinski definition) is 2. The molecule has 3 rings (SSSR count). The molecule has 0 bridgehead atoms. The highest BCUT2D eigenvalue weighted by Crippen LogP contribution is 2.29. The molecule has 1 aromatic heterocycles. The number of para-hydroxylation sites is 1. The molecule has 31 heavy (non-hydrogen) atoms. The summed E-state index contributed by atoms with van der Waals surface area (Å²) in [5.74, 6) is -1.53. The first kappa shape index (κ1) is 21.6. The molecule has 8 heteroatoms. The van der Waals surface area contributed by atoms with Crippen LogP contribution in [0.4, 0.5) is 4.79 Å². The van der Waals surface area contributed by atoms with E-state index in [-0.39, 0.29) is 18.9 Å². The molecule has 2 N–H and O–H groups in total. The van der Waals surface area contributed by atoms with Gasteiger partial charge in [-0.25, -0.2) is 9.59 Å². The van der Waals surface area contributed by atoms with Crippen molar-refractivity contribution in [3.63, 3.8) is 0 Å². The van der Waals surface area contributed by atoms with Crippen LogP contribution in [0.5, 0.6) is 5.75 Å². The molecule has 8 nitrogen and oxygen atoms in total. The van der Waals surface area contributed by atoms with Gasteiger partial charge in [-0.15, -0.1) is 6.58 Å². The van der Waals surface area contributed by atoms with E-state index in [1.54, 1.807) is 53.1 Å². The van der Waals surface area contributed by atoms with Gasteiger partial charge in [-0.1, -0.05) is 48.5 Å². The van der Waals surface area contributed by atoms with Crippen LogP contribution >= 0.6 is 0 Å². The van der Waals surface area contributed by atoms with Crippen LogP contribution in [0.3, 0.4) is 0 Å². The average molecular weight is 422 g/mol. The first-order valence-electron chi connectivity index (χ1n) is 9.47. The molecule has 160 valence electrons. The monoisotopic (exact) mass is 422 g/mol. The number of amides is 1. The highest BCUT2D eigenvalue weighted by atomic mass is 16.5. The summed E-state index contributed by atoms with van der Waals surface area (Å²) in [6.45, 7) is 4.68. The molecule has 0 aliphatic carbocycles. The van der Waals surface area contributed by atoms with Crippen molar-refractivity contribution >= 4 is 28.9 Å². The van der Waals surface area contributed by atoms with Gasteiger partial charge in [0.25, 0.3) is 0 Å². The van der Waals surface area contributed by atoms with Crippen molar-refractivity contribution in [2.75, 3.05) is 0 Å². The van der Waals surface area contributed by atoms with E-state index in [2.05, 4.69) is 11.9 Å². The second-order valence-electron chi connectivity index (χ2n) is 6.90. The molecule has 0 fully saturated rings. The van der Waals surface area contributed by atoms with Crippen molar-refractivity contribution in [3.05, 3.63) is 79.0 Å². The Kier molecular flexibility index (Phi) is 6.40. The molecule has 1 atom stereocenters. The van der Waals surface area contributed by atoms with Gasteiger partial charge in [0.1, 0.15) is 6.61 Å². The summed E-state index contributed by atoms with van der Waals surface area (Å²) in [4.78, 5) is 36.0. The molecule has 0 saturated carbocycles. The van der Waals surface area contributed by atoms with Gasteiger partial charge >= 0.3 is 18.0 Å². The molecule has 3 aromatic rings. The van der Waals surface area contributed by atoms with Gasteiger partial charge < -0.3 is 24.5 Å². The Morgan fingerprint density at radius 1 is 1.13 bits per heavy atom. The van der Waals surface area contributed by atoms with Crippen LogP contribution in [0.25, 0.3) is 10.9 Å². The zero-order chi connectivity index (χ0) is 22.4. The number of aliphatic carboxylic acids is 1. The largest absolute Gasteiger partial charge is 0.479 e. The van der Waals surface area contributed by atoms with E-state index in [1.807, 2.05) is 6.07 Å². The minimum Gasteiger partial charge on any atom is -0.479 e. The van der Waals surface area contributed by atoms with Gasteiger partial charge in [0, 0.05) is 18.5 Å². The fourth-order valence-corrected chi connectivity index (χ4v) is 3.15. The summed E-state index contributed by atoms with van der Waals surface area (Å²) >= 11 is 0. The summed E-state index contributed by atoms with van der Waals surface area (Å²) in [7, 11) is 0. The van der Waals surface area contributed by atoms with E-state index in [1.165, 1.54) is 13.1 Å². The molecule has 0 radical (unpaired) electrons. The number of alkyl carbamates (subject to hydrolysis) is 1. The summed E-state index contributed by atoms with van der Waals surface area (Å²) in [6, 6.07) is 16.1. The molecule has 0 saturated heterocycles. The van der Waals surface area contributed by atoms with E-state index in [0.29, 0.717) is 10.9 Å². The Bertz CT molecular complexity index is 1120. The highest BCUT2D eigenvalue weighted by Gasteiger charge is 2.39. The maximum atomic E-state index is 12.4. The number of carbonyl (C=O) groups is 3. The fourth-order valence-electron chi connectivity index (χ4n) is 3.15. The average Bonchev–Trinajstić information content (AvgIpc) is 3.09. The molecular weight excluding hydrogens is 400 g/mol. The Labute approximate surface area is 178 Å². The second kappa shape index (κ2) is 9.17. The lowest BCUT2D eigenvalue weighted by Crippen LogP contribution is -2.55. The molecule has 0 spiro atoms. The van der Waals surface area contributed by atoms with Gasteiger partial charge in [0.15, 0.2) is 11.3 Å². The number of carboxylic acids is 1. The van der Waals surface area contributed by atoms with Crippen LogP contribution < -0.4 is 10.1 Å². The maximum Gasteiger partial charge on any atom is 0.408 e. The lowest BCUT2D eigenvalue weighted by atomic mass is 10.00. The number of rotatable bonds is 8. The minimum absolute atomic E-state index is 0.0113. The summed E-state index contributed by atoms with van der Waals surface area (Å²) in [6.07, 6.45) is 1.76. The van der Waals surface area contributed by atoms with Gasteiger partial charge in [-0.2, -0.15) is 0 Å². The number of nitrogens with one attached hydrogen (secondary N) is 1. The molecule has 1 heterocycles. The minimum atomic E-state index is -1.86. The van der Waals surface area contributed by atoms with Crippen LogP contribution in [-0.4, -0.2) is 33.2 Å². The smallest absolute Gasteiger partial charge is 0.408 e. The van der Waals surface area contributed by atoms with Crippen LogP contribution in [0.2, 0.25) is 0 Å². The summed E-state index contributed by atoms with van der Waals surface area (Å²) < 4.78 is 12.0. The molecule has 1 unspecified atom stereocenters. The van der Waals surface area contributed by atoms with E-state index in [9.17, 15) is 19.5 Å². The highest BCUT2D eigenvalue weighted by molar-refractivity contribution is 5.90. The van der Waals surface area contributed by atoms with Crippen molar-refractivity contribution in [1.29, 1.82) is 0 Å². The summed E-state index contributed by atoms with van der Waals surface area (Å²) in [5.41, 5.74) is -0.464. The third kappa shape index (κ3) is 4.92. The molecule has 0 aliphatic rings. The lowest BCUT2D eigenvalue weighted by molar-refractivity contribution is -0.143. The van der Waals surface area contributed by atoms with Crippen LogP contribution in [0.15, 0.2) is 73.4 Å². The van der Waals surface area contributed by atoms with Crippen molar-refractivity contribution in [3.8, 4) is 5.75 Å². The van der Waals surface area contributed by atoms with Crippen LogP contribution in [0.1, 0.15) is 12.5 Å². The molecule has 0 aliphatic heterocycles. The van der Waals surface area contributed by atoms with Gasteiger partial charge in [-0.05, 0) is 17.7 Å². The number of ether oxygens (including phenoxy) is 2. The van der Waals surface area contributed by atoms with Gasteiger partial charge in [0.2, 0.25) is 0 Å². The van der Waals surface area contributed by atoms with Crippen LogP contribution in [-0.2, 0) is 27.5 Å².